The maximum absolute atomic E-state index is 12.5. The van der Waals surface area contributed by atoms with Gasteiger partial charge in [-0.1, -0.05) is 17.7 Å². The molecule has 0 saturated carbocycles. The molecule has 0 heterocycles. The van der Waals surface area contributed by atoms with Gasteiger partial charge in [0.15, 0.2) is 0 Å². The summed E-state index contributed by atoms with van der Waals surface area (Å²) in [6.07, 6.45) is 3.15. The Morgan fingerprint density at radius 1 is 1.50 bits per heavy atom. The van der Waals surface area contributed by atoms with Crippen LogP contribution in [0, 0.1) is 5.82 Å². The van der Waals surface area contributed by atoms with Gasteiger partial charge in [-0.15, -0.1) is 0 Å². The summed E-state index contributed by atoms with van der Waals surface area (Å²) in [7, 11) is 1.54. The van der Waals surface area contributed by atoms with Gasteiger partial charge in [0.25, 0.3) is 0 Å². The molecular weight excluding hydrogens is 179 g/mol. The topological polar surface area (TPSA) is 9.23 Å². The molecule has 0 N–H and O–H groups in total. The molecule has 3 heteroatoms. The van der Waals surface area contributed by atoms with Gasteiger partial charge >= 0.3 is 0 Å². The molecule has 0 aliphatic heterocycles. The fourth-order valence-electron chi connectivity index (χ4n) is 0.778. The predicted octanol–water partition coefficient (Wildman–Crippen LogP) is 3.10. The fourth-order valence-corrected chi connectivity index (χ4v) is 1.01. The van der Waals surface area contributed by atoms with Crippen LogP contribution in [0.15, 0.2) is 24.5 Å². The lowest BCUT2D eigenvalue weighted by Crippen LogP contribution is -1.78. The van der Waals surface area contributed by atoms with Crippen LogP contribution in [0.2, 0.25) is 5.02 Å². The Morgan fingerprint density at radius 2 is 2.25 bits per heavy atom. The molecule has 0 saturated heterocycles. The largest absolute Gasteiger partial charge is 0.504 e. The number of hydrogen-bond acceptors (Lipinski definition) is 1. The van der Waals surface area contributed by atoms with Crippen LogP contribution in [0.25, 0.3) is 6.08 Å². The van der Waals surface area contributed by atoms with Crippen molar-refractivity contribution in [3.05, 3.63) is 40.9 Å². The summed E-state index contributed by atoms with van der Waals surface area (Å²) in [5, 5.41) is 0.378. The maximum atomic E-state index is 12.5. The van der Waals surface area contributed by atoms with Gasteiger partial charge in [-0.2, -0.15) is 0 Å². The molecule has 0 spiro atoms. The van der Waals surface area contributed by atoms with Crippen LogP contribution >= 0.6 is 11.6 Å². The van der Waals surface area contributed by atoms with Crippen molar-refractivity contribution in [1.82, 2.24) is 0 Å². The van der Waals surface area contributed by atoms with Crippen LogP contribution in [0.5, 0.6) is 0 Å². The Hall–Kier alpha value is -1.02. The summed E-state index contributed by atoms with van der Waals surface area (Å²) in [6, 6.07) is 4.20. The van der Waals surface area contributed by atoms with E-state index in [2.05, 4.69) is 0 Å². The van der Waals surface area contributed by atoms with Crippen molar-refractivity contribution >= 4 is 17.7 Å². The molecule has 1 nitrogen and oxygen atoms in total. The minimum Gasteiger partial charge on any atom is -0.504 e. The van der Waals surface area contributed by atoms with Crippen molar-refractivity contribution in [1.29, 1.82) is 0 Å². The first kappa shape index (κ1) is 9.07. The molecule has 64 valence electrons. The highest BCUT2D eigenvalue weighted by atomic mass is 35.5. The number of halogens is 2. The molecular formula is C9H8ClFO. The van der Waals surface area contributed by atoms with E-state index in [1.807, 2.05) is 0 Å². The number of benzene rings is 1. The summed E-state index contributed by atoms with van der Waals surface area (Å²) < 4.78 is 17.2. The number of hydrogen-bond donors (Lipinski definition) is 0. The van der Waals surface area contributed by atoms with Crippen molar-refractivity contribution in [2.24, 2.45) is 0 Å². The average molecular weight is 187 g/mol. The highest BCUT2D eigenvalue weighted by Crippen LogP contribution is 2.18. The van der Waals surface area contributed by atoms with Gasteiger partial charge < -0.3 is 4.74 Å². The minimum absolute atomic E-state index is 0.338. The highest BCUT2D eigenvalue weighted by Gasteiger charge is 1.97. The summed E-state index contributed by atoms with van der Waals surface area (Å²) in [5.41, 5.74) is 0.736. The van der Waals surface area contributed by atoms with Crippen LogP contribution in [-0.4, -0.2) is 7.11 Å². The summed E-state index contributed by atoms with van der Waals surface area (Å²) in [4.78, 5) is 0. The Morgan fingerprint density at radius 3 is 2.83 bits per heavy atom. The second-order valence-corrected chi connectivity index (χ2v) is 2.61. The molecule has 1 aromatic rings. The Bertz CT molecular complexity index is 297. The third-order valence-corrected chi connectivity index (χ3v) is 1.67. The second-order valence-electron chi connectivity index (χ2n) is 2.20. The standard InChI is InChI=1S/C9H8ClFO/c1-12-5-4-7-2-3-8(11)6-9(7)10/h2-6H,1H3. The van der Waals surface area contributed by atoms with Crippen LogP contribution in [-0.2, 0) is 4.74 Å². The molecule has 0 aliphatic rings. The van der Waals surface area contributed by atoms with Crippen molar-refractivity contribution in [3.8, 4) is 0 Å². The quantitative estimate of drug-likeness (QED) is 0.645. The molecule has 1 rings (SSSR count). The summed E-state index contributed by atoms with van der Waals surface area (Å²) >= 11 is 5.72. The lowest BCUT2D eigenvalue weighted by molar-refractivity contribution is 0.341. The number of rotatable bonds is 2. The van der Waals surface area contributed by atoms with Gasteiger partial charge in [0.1, 0.15) is 5.82 Å². The van der Waals surface area contributed by atoms with Crippen molar-refractivity contribution in [2.45, 2.75) is 0 Å². The lowest BCUT2D eigenvalue weighted by Gasteiger charge is -1.96. The third-order valence-electron chi connectivity index (χ3n) is 1.35. The van der Waals surface area contributed by atoms with Crippen LogP contribution in [0.3, 0.4) is 0 Å². The van der Waals surface area contributed by atoms with E-state index < -0.39 is 0 Å². The molecule has 0 atom stereocenters. The first-order valence-electron chi connectivity index (χ1n) is 3.38. The molecule has 1 aromatic carbocycles. The number of methoxy groups -OCH3 is 1. The predicted molar refractivity (Wildman–Crippen MR) is 47.5 cm³/mol. The van der Waals surface area contributed by atoms with E-state index in [1.165, 1.54) is 25.5 Å². The van der Waals surface area contributed by atoms with Gasteiger partial charge in [-0.25, -0.2) is 4.39 Å². The second kappa shape index (κ2) is 4.12. The maximum Gasteiger partial charge on any atom is 0.124 e. The zero-order chi connectivity index (χ0) is 8.97. The normalized spacial score (nSPS) is 10.6. The molecule has 0 radical (unpaired) electrons. The van der Waals surface area contributed by atoms with Gasteiger partial charge in [0.2, 0.25) is 0 Å². The Labute approximate surface area is 75.4 Å². The van der Waals surface area contributed by atoms with E-state index in [4.69, 9.17) is 16.3 Å². The monoisotopic (exact) mass is 186 g/mol. The summed E-state index contributed by atoms with van der Waals surface area (Å²) in [5.74, 6) is -0.338. The zero-order valence-corrected chi connectivity index (χ0v) is 7.31. The summed E-state index contributed by atoms with van der Waals surface area (Å²) in [6.45, 7) is 0. The average Bonchev–Trinajstić information content (AvgIpc) is 2.03. The van der Waals surface area contributed by atoms with Gasteiger partial charge in [0, 0.05) is 0 Å². The third kappa shape index (κ3) is 2.24. The van der Waals surface area contributed by atoms with Gasteiger partial charge in [0.05, 0.1) is 18.4 Å². The molecule has 0 unspecified atom stereocenters. The van der Waals surface area contributed by atoms with E-state index >= 15 is 0 Å². The van der Waals surface area contributed by atoms with Crippen molar-refractivity contribution in [2.75, 3.05) is 7.11 Å². The van der Waals surface area contributed by atoms with Crippen LogP contribution < -0.4 is 0 Å². The van der Waals surface area contributed by atoms with Gasteiger partial charge in [-0.05, 0) is 23.8 Å². The SMILES string of the molecule is COC=Cc1ccc(F)cc1Cl. The van der Waals surface area contributed by atoms with Crippen molar-refractivity contribution < 1.29 is 9.13 Å². The van der Waals surface area contributed by atoms with Gasteiger partial charge in [-0.3, -0.25) is 0 Å². The molecule has 0 fully saturated rings. The highest BCUT2D eigenvalue weighted by molar-refractivity contribution is 6.32. The molecule has 0 amide bonds. The first-order valence-corrected chi connectivity index (χ1v) is 3.76. The van der Waals surface area contributed by atoms with Crippen molar-refractivity contribution in [3.63, 3.8) is 0 Å². The van der Waals surface area contributed by atoms with Crippen LogP contribution in [0.1, 0.15) is 5.56 Å². The van der Waals surface area contributed by atoms with E-state index in [9.17, 15) is 4.39 Å². The minimum atomic E-state index is -0.338. The van der Waals surface area contributed by atoms with Crippen LogP contribution in [0.4, 0.5) is 4.39 Å². The van der Waals surface area contributed by atoms with E-state index in [0.717, 1.165) is 5.56 Å². The van der Waals surface area contributed by atoms with E-state index in [0.29, 0.717) is 5.02 Å². The van der Waals surface area contributed by atoms with E-state index in [-0.39, 0.29) is 5.82 Å². The molecule has 0 bridgehead atoms. The molecule has 12 heavy (non-hydrogen) atoms. The molecule has 0 aliphatic carbocycles. The lowest BCUT2D eigenvalue weighted by atomic mass is 10.2. The smallest absolute Gasteiger partial charge is 0.124 e. The number of ether oxygens (including phenoxy) is 1. The Kier molecular flexibility index (Phi) is 3.11. The first-order chi connectivity index (χ1) is 5.74. The molecule has 0 aromatic heterocycles. The fraction of sp³-hybridized carbons (Fsp3) is 0.111. The zero-order valence-electron chi connectivity index (χ0n) is 6.55. The van der Waals surface area contributed by atoms with E-state index in [1.54, 1.807) is 12.1 Å². The Balaban J connectivity index is 2.94.